The predicted molar refractivity (Wildman–Crippen MR) is 255 cm³/mol. The van der Waals surface area contributed by atoms with E-state index in [-0.39, 0.29) is 24.9 Å². The smallest absolute Gasteiger partial charge is 0.306 e. The molecule has 0 aromatic carbocycles. The number of rotatable bonds is 44. The van der Waals surface area contributed by atoms with Crippen LogP contribution in [-0.4, -0.2) is 46.9 Å². The monoisotopic (exact) mass is 826 g/mol. The molecule has 0 aliphatic carbocycles. The first-order valence-electron chi connectivity index (χ1n) is 25.0. The fraction of sp³-hybridized carbons (Fsp3) is 0.774. The average Bonchev–Trinajstić information content (AvgIpc) is 3.23. The first-order chi connectivity index (χ1) is 29.0. The second-order valence-electron chi connectivity index (χ2n) is 16.9. The van der Waals surface area contributed by atoms with E-state index in [1.54, 1.807) is 0 Å². The van der Waals surface area contributed by atoms with Crippen molar-refractivity contribution >= 4 is 11.9 Å². The van der Waals surface area contributed by atoms with Crippen LogP contribution in [0.1, 0.15) is 239 Å². The van der Waals surface area contributed by atoms with E-state index < -0.39 is 18.2 Å². The van der Waals surface area contributed by atoms with Crippen molar-refractivity contribution in [1.29, 1.82) is 0 Å². The molecule has 0 heterocycles. The quantitative estimate of drug-likeness (QED) is 0.0246. The number of aliphatic hydroxyl groups is 2. The Morgan fingerprint density at radius 1 is 0.525 bits per heavy atom. The second kappa shape index (κ2) is 46.6. The summed E-state index contributed by atoms with van der Waals surface area (Å²) >= 11 is 0. The number of hydrogen-bond donors (Lipinski definition) is 3. The van der Waals surface area contributed by atoms with Crippen molar-refractivity contribution in [2.45, 2.75) is 257 Å². The minimum atomic E-state index is -0.795. The van der Waals surface area contributed by atoms with Crippen LogP contribution >= 0.6 is 0 Å². The van der Waals surface area contributed by atoms with E-state index in [1.165, 1.54) is 89.9 Å². The summed E-state index contributed by atoms with van der Waals surface area (Å²) < 4.78 is 5.91. The van der Waals surface area contributed by atoms with E-state index in [0.717, 1.165) is 103 Å². The summed E-state index contributed by atoms with van der Waals surface area (Å²) in [7, 11) is 0. The molecule has 0 aromatic rings. The molecule has 3 atom stereocenters. The fourth-order valence-corrected chi connectivity index (χ4v) is 7.41. The Morgan fingerprint density at radius 3 is 1.56 bits per heavy atom. The molecule has 0 aliphatic rings. The van der Waals surface area contributed by atoms with E-state index >= 15 is 0 Å². The lowest BCUT2D eigenvalue weighted by atomic mass is 10.0. The van der Waals surface area contributed by atoms with Gasteiger partial charge in [-0.05, 0) is 70.6 Å². The molecule has 0 aromatic heterocycles. The lowest BCUT2D eigenvalue weighted by Crippen LogP contribution is -2.46. The summed E-state index contributed by atoms with van der Waals surface area (Å²) in [4.78, 5) is 26.1. The highest BCUT2D eigenvalue weighted by molar-refractivity contribution is 5.77. The highest BCUT2D eigenvalue weighted by Crippen LogP contribution is 2.18. The molecule has 0 aliphatic heterocycles. The molecule has 0 rings (SSSR count). The number of unbranched alkanes of at least 4 members (excludes halogenated alkanes) is 24. The number of aliphatic hydroxyl groups excluding tert-OH is 2. The van der Waals surface area contributed by atoms with Crippen LogP contribution in [0.2, 0.25) is 0 Å². The average molecular weight is 826 g/mol. The van der Waals surface area contributed by atoms with Gasteiger partial charge in [0.05, 0.1) is 25.2 Å². The molecule has 3 unspecified atom stereocenters. The fourth-order valence-electron chi connectivity index (χ4n) is 7.41. The van der Waals surface area contributed by atoms with Gasteiger partial charge in [-0.2, -0.15) is 0 Å². The first-order valence-corrected chi connectivity index (χ1v) is 25.0. The number of carbonyl (C=O) groups excluding carboxylic acids is 2. The molecule has 0 spiro atoms. The normalized spacial score (nSPS) is 13.8. The van der Waals surface area contributed by atoms with Crippen molar-refractivity contribution in [1.82, 2.24) is 5.32 Å². The van der Waals surface area contributed by atoms with Gasteiger partial charge >= 0.3 is 5.97 Å². The molecule has 59 heavy (non-hydrogen) atoms. The highest BCUT2D eigenvalue weighted by atomic mass is 16.5. The highest BCUT2D eigenvalue weighted by Gasteiger charge is 2.24. The van der Waals surface area contributed by atoms with Crippen LogP contribution in [0, 0.1) is 0 Å². The Kier molecular flexibility index (Phi) is 44.7. The zero-order valence-corrected chi connectivity index (χ0v) is 38.9. The van der Waals surface area contributed by atoms with Crippen LogP contribution in [0.15, 0.2) is 60.8 Å². The van der Waals surface area contributed by atoms with Crippen LogP contribution in [0.3, 0.4) is 0 Å². The summed E-state index contributed by atoms with van der Waals surface area (Å²) in [5, 5.41) is 23.7. The van der Waals surface area contributed by atoms with Gasteiger partial charge in [0.25, 0.3) is 0 Å². The Labute approximate surface area is 365 Å². The van der Waals surface area contributed by atoms with Crippen LogP contribution in [-0.2, 0) is 14.3 Å². The van der Waals surface area contributed by atoms with Crippen LogP contribution in [0.4, 0.5) is 0 Å². The third kappa shape index (κ3) is 42.1. The topological polar surface area (TPSA) is 95.9 Å². The van der Waals surface area contributed by atoms with Crippen molar-refractivity contribution in [3.8, 4) is 0 Å². The number of esters is 1. The van der Waals surface area contributed by atoms with Crippen molar-refractivity contribution < 1.29 is 24.5 Å². The van der Waals surface area contributed by atoms with Crippen molar-refractivity contribution in [3.05, 3.63) is 60.8 Å². The zero-order chi connectivity index (χ0) is 43.1. The number of carbonyl (C=O) groups is 2. The molecule has 3 N–H and O–H groups in total. The minimum Gasteiger partial charge on any atom is -0.462 e. The van der Waals surface area contributed by atoms with Gasteiger partial charge in [-0.15, -0.1) is 0 Å². The molecular weight excluding hydrogens is 731 g/mol. The molecular formula is C53H95NO5. The standard InChI is InChI=1S/C53H95NO5/c1-4-7-10-13-16-19-22-25-28-31-34-37-40-43-46-53(58)59-49(44-41-38-35-32-29-26-23-20-17-14-11-8-5-2)47-52(57)54-50(48-55)51(56)45-42-39-36-33-30-27-24-21-18-15-12-9-6-3/h7-8,10-11,14,16-17,19-20,23,49-51,55-56H,4-6,9,12-13,15,18,21-22,24-48H2,1-3H3,(H,54,57)/b10-7+,11-8+,17-14+,19-16+,23-20+. The number of ether oxygens (including phenoxy) is 1. The zero-order valence-electron chi connectivity index (χ0n) is 38.9. The molecule has 6 heteroatoms. The number of amides is 1. The van der Waals surface area contributed by atoms with Crippen LogP contribution in [0.5, 0.6) is 0 Å². The third-order valence-corrected chi connectivity index (χ3v) is 11.2. The molecule has 342 valence electrons. The van der Waals surface area contributed by atoms with Gasteiger partial charge in [-0.3, -0.25) is 9.59 Å². The lowest BCUT2D eigenvalue weighted by molar-refractivity contribution is -0.151. The van der Waals surface area contributed by atoms with Gasteiger partial charge in [0.15, 0.2) is 0 Å². The Morgan fingerprint density at radius 2 is 1.00 bits per heavy atom. The van der Waals surface area contributed by atoms with Crippen LogP contribution in [0.25, 0.3) is 0 Å². The maximum atomic E-state index is 13.2. The summed E-state index contributed by atoms with van der Waals surface area (Å²) in [5.41, 5.74) is 0. The Hall–Kier alpha value is -2.44. The second-order valence-corrected chi connectivity index (χ2v) is 16.9. The summed E-state index contributed by atoms with van der Waals surface area (Å²) in [5.74, 6) is -0.503. The first kappa shape index (κ1) is 56.6. The predicted octanol–water partition coefficient (Wildman–Crippen LogP) is 14.8. The van der Waals surface area contributed by atoms with Gasteiger partial charge in [-0.25, -0.2) is 0 Å². The minimum absolute atomic E-state index is 0.0596. The number of hydrogen-bond acceptors (Lipinski definition) is 5. The summed E-state index contributed by atoms with van der Waals surface area (Å²) in [6, 6.07) is -0.710. The van der Waals surface area contributed by atoms with Gasteiger partial charge in [0.2, 0.25) is 5.91 Å². The molecule has 0 saturated heterocycles. The maximum Gasteiger partial charge on any atom is 0.306 e. The van der Waals surface area contributed by atoms with Crippen molar-refractivity contribution in [2.24, 2.45) is 0 Å². The number of nitrogens with one attached hydrogen (secondary N) is 1. The molecule has 1 amide bonds. The third-order valence-electron chi connectivity index (χ3n) is 11.2. The van der Waals surface area contributed by atoms with E-state index in [1.807, 2.05) is 0 Å². The van der Waals surface area contributed by atoms with E-state index in [0.29, 0.717) is 19.3 Å². The van der Waals surface area contributed by atoms with E-state index in [4.69, 9.17) is 4.74 Å². The van der Waals surface area contributed by atoms with Crippen molar-refractivity contribution in [3.63, 3.8) is 0 Å². The molecule has 0 fully saturated rings. The SMILES string of the molecule is CC/C=C/C=C/C=C/CCCCCCCC(CC(=O)NC(CO)C(O)CCCCCCCCCCCCCCC)OC(=O)CCCCCCCCC/C=C/C/C=C/CC. The van der Waals surface area contributed by atoms with Gasteiger partial charge in [-0.1, -0.05) is 216 Å². The number of allylic oxidation sites excluding steroid dienone is 10. The van der Waals surface area contributed by atoms with Gasteiger partial charge in [0, 0.05) is 6.42 Å². The molecule has 0 radical (unpaired) electrons. The molecule has 6 nitrogen and oxygen atoms in total. The summed E-state index contributed by atoms with van der Waals surface area (Å²) in [6.45, 7) is 6.24. The Bertz CT molecular complexity index is 1060. The maximum absolute atomic E-state index is 13.2. The largest absolute Gasteiger partial charge is 0.462 e. The Balaban J connectivity index is 4.61. The van der Waals surface area contributed by atoms with Crippen molar-refractivity contribution in [2.75, 3.05) is 6.61 Å². The van der Waals surface area contributed by atoms with Gasteiger partial charge in [0.1, 0.15) is 6.10 Å². The van der Waals surface area contributed by atoms with E-state index in [2.05, 4.69) is 86.8 Å². The molecule has 0 saturated carbocycles. The van der Waals surface area contributed by atoms with E-state index in [9.17, 15) is 19.8 Å². The van der Waals surface area contributed by atoms with Gasteiger partial charge < -0.3 is 20.3 Å². The molecule has 0 bridgehead atoms. The van der Waals surface area contributed by atoms with Crippen LogP contribution < -0.4 is 5.32 Å². The lowest BCUT2D eigenvalue weighted by Gasteiger charge is -2.24. The summed E-state index contributed by atoms with van der Waals surface area (Å²) in [6.07, 6.45) is 57.1.